The van der Waals surface area contributed by atoms with Crippen molar-refractivity contribution in [3.8, 4) is 0 Å². The number of anilines is 1. The third-order valence-corrected chi connectivity index (χ3v) is 2.83. The van der Waals surface area contributed by atoms with Crippen LogP contribution >= 0.6 is 0 Å². The summed E-state index contributed by atoms with van der Waals surface area (Å²) >= 11 is 0. The molecule has 2 heteroatoms. The van der Waals surface area contributed by atoms with Gasteiger partial charge in [0.15, 0.2) is 0 Å². The van der Waals surface area contributed by atoms with E-state index in [4.69, 9.17) is 5.11 Å². The first kappa shape index (κ1) is 13.0. The molecule has 0 fully saturated rings. The van der Waals surface area contributed by atoms with Crippen LogP contribution < -0.4 is 4.90 Å². The van der Waals surface area contributed by atoms with Crippen molar-refractivity contribution in [2.45, 2.75) is 32.6 Å². The first-order chi connectivity index (χ1) is 7.45. The quantitative estimate of drug-likeness (QED) is 0.845. The summed E-state index contributed by atoms with van der Waals surface area (Å²) in [7, 11) is 2.06. The Morgan fingerprint density at radius 2 is 1.69 bits per heavy atom. The Morgan fingerprint density at radius 3 is 2.12 bits per heavy atom. The lowest BCUT2D eigenvalue weighted by Crippen LogP contribution is -2.19. The van der Waals surface area contributed by atoms with Crippen molar-refractivity contribution < 1.29 is 5.11 Å². The topological polar surface area (TPSA) is 23.5 Å². The molecule has 0 saturated heterocycles. The molecule has 0 bridgehead atoms. The minimum Gasteiger partial charge on any atom is -0.396 e. The van der Waals surface area contributed by atoms with Crippen LogP contribution in [0.15, 0.2) is 24.3 Å². The predicted octanol–water partition coefficient (Wildman–Crippen LogP) is 2.80. The van der Waals surface area contributed by atoms with Crippen LogP contribution in [0.2, 0.25) is 0 Å². The largest absolute Gasteiger partial charge is 0.396 e. The Balaban J connectivity index is 2.71. The number of aliphatic hydroxyl groups excluding tert-OH is 1. The molecule has 16 heavy (non-hydrogen) atoms. The highest BCUT2D eigenvalue weighted by Gasteiger charge is 2.13. The maximum absolute atomic E-state index is 8.79. The van der Waals surface area contributed by atoms with E-state index in [9.17, 15) is 0 Å². The molecule has 0 atom stereocenters. The van der Waals surface area contributed by atoms with Gasteiger partial charge in [-0.25, -0.2) is 0 Å². The van der Waals surface area contributed by atoms with Gasteiger partial charge in [0, 0.05) is 25.9 Å². The maximum atomic E-state index is 8.79. The first-order valence-electron chi connectivity index (χ1n) is 5.87. The number of hydrogen-bond acceptors (Lipinski definition) is 2. The predicted molar refractivity (Wildman–Crippen MR) is 70.1 cm³/mol. The molecule has 1 aromatic carbocycles. The highest BCUT2D eigenvalue weighted by molar-refractivity contribution is 5.47. The Bertz CT molecular complexity index is 311. The van der Waals surface area contributed by atoms with Gasteiger partial charge in [-0.1, -0.05) is 32.9 Å². The fourth-order valence-electron chi connectivity index (χ4n) is 1.65. The van der Waals surface area contributed by atoms with Gasteiger partial charge in [0.25, 0.3) is 0 Å². The van der Waals surface area contributed by atoms with Crippen molar-refractivity contribution >= 4 is 5.69 Å². The fourth-order valence-corrected chi connectivity index (χ4v) is 1.65. The first-order valence-corrected chi connectivity index (χ1v) is 5.87. The smallest absolute Gasteiger partial charge is 0.0447 e. The molecule has 0 saturated carbocycles. The summed E-state index contributed by atoms with van der Waals surface area (Å²) in [4.78, 5) is 2.17. The summed E-state index contributed by atoms with van der Waals surface area (Å²) in [6, 6.07) is 8.67. The lowest BCUT2D eigenvalue weighted by molar-refractivity contribution is 0.290. The second kappa shape index (κ2) is 5.35. The molecule has 0 spiro atoms. The summed E-state index contributed by atoms with van der Waals surface area (Å²) in [5, 5.41) is 8.79. The van der Waals surface area contributed by atoms with Crippen LogP contribution in [-0.2, 0) is 5.41 Å². The van der Waals surface area contributed by atoms with Gasteiger partial charge in [-0.15, -0.1) is 0 Å². The second-order valence-electron chi connectivity index (χ2n) is 5.30. The maximum Gasteiger partial charge on any atom is 0.0447 e. The van der Waals surface area contributed by atoms with E-state index >= 15 is 0 Å². The van der Waals surface area contributed by atoms with Gasteiger partial charge in [-0.2, -0.15) is 0 Å². The van der Waals surface area contributed by atoms with E-state index in [-0.39, 0.29) is 12.0 Å². The normalized spacial score (nSPS) is 11.6. The molecule has 0 heterocycles. The molecule has 2 nitrogen and oxygen atoms in total. The lowest BCUT2D eigenvalue weighted by atomic mass is 9.87. The van der Waals surface area contributed by atoms with Crippen molar-refractivity contribution in [3.63, 3.8) is 0 Å². The van der Waals surface area contributed by atoms with E-state index in [2.05, 4.69) is 57.0 Å². The van der Waals surface area contributed by atoms with Crippen LogP contribution in [0.3, 0.4) is 0 Å². The third-order valence-electron chi connectivity index (χ3n) is 2.83. The van der Waals surface area contributed by atoms with Crippen LogP contribution in [0.5, 0.6) is 0 Å². The highest BCUT2D eigenvalue weighted by atomic mass is 16.3. The molecule has 90 valence electrons. The molecule has 0 aliphatic heterocycles. The molecule has 0 amide bonds. The van der Waals surface area contributed by atoms with Gasteiger partial charge in [0.2, 0.25) is 0 Å². The van der Waals surface area contributed by atoms with Gasteiger partial charge in [-0.3, -0.25) is 0 Å². The van der Waals surface area contributed by atoms with Crippen LogP contribution in [0.25, 0.3) is 0 Å². The van der Waals surface area contributed by atoms with Crippen molar-refractivity contribution in [2.75, 3.05) is 25.1 Å². The summed E-state index contributed by atoms with van der Waals surface area (Å²) in [6.45, 7) is 7.81. The Kier molecular flexibility index (Phi) is 4.36. The van der Waals surface area contributed by atoms with Crippen molar-refractivity contribution in [1.29, 1.82) is 0 Å². The number of hydrogen-bond donors (Lipinski definition) is 1. The van der Waals surface area contributed by atoms with E-state index in [1.165, 1.54) is 11.3 Å². The molecule has 1 rings (SSSR count). The SMILES string of the molecule is CN(CCCO)c1ccc(C(C)(C)C)cc1. The third kappa shape index (κ3) is 3.53. The van der Waals surface area contributed by atoms with Crippen molar-refractivity contribution in [2.24, 2.45) is 0 Å². The molecular formula is C14H23NO. The molecule has 0 aliphatic carbocycles. The zero-order valence-electron chi connectivity index (χ0n) is 10.8. The van der Waals surface area contributed by atoms with Gasteiger partial charge in [0.05, 0.1) is 0 Å². The number of nitrogens with zero attached hydrogens (tertiary/aromatic N) is 1. The average molecular weight is 221 g/mol. The number of rotatable bonds is 4. The number of aliphatic hydroxyl groups is 1. The van der Waals surface area contributed by atoms with Crippen LogP contribution in [0.1, 0.15) is 32.8 Å². The molecular weight excluding hydrogens is 198 g/mol. The van der Waals surface area contributed by atoms with E-state index in [1.54, 1.807) is 0 Å². The number of benzene rings is 1. The van der Waals surface area contributed by atoms with E-state index < -0.39 is 0 Å². The standard InChI is InChI=1S/C14H23NO/c1-14(2,3)12-6-8-13(9-7-12)15(4)10-5-11-16/h6-9,16H,5,10-11H2,1-4H3. The minimum atomic E-state index is 0.211. The van der Waals surface area contributed by atoms with Crippen molar-refractivity contribution in [3.05, 3.63) is 29.8 Å². The van der Waals surface area contributed by atoms with Gasteiger partial charge >= 0.3 is 0 Å². The molecule has 0 unspecified atom stereocenters. The van der Waals surface area contributed by atoms with E-state index in [0.29, 0.717) is 0 Å². The van der Waals surface area contributed by atoms with Crippen LogP contribution in [-0.4, -0.2) is 25.3 Å². The van der Waals surface area contributed by atoms with E-state index in [0.717, 1.165) is 13.0 Å². The summed E-state index contributed by atoms with van der Waals surface area (Å²) < 4.78 is 0. The van der Waals surface area contributed by atoms with Gasteiger partial charge < -0.3 is 10.0 Å². The zero-order valence-corrected chi connectivity index (χ0v) is 10.8. The molecule has 0 aromatic heterocycles. The average Bonchev–Trinajstić information content (AvgIpc) is 2.25. The summed E-state index contributed by atoms with van der Waals surface area (Å²) in [5.41, 5.74) is 2.77. The fraction of sp³-hybridized carbons (Fsp3) is 0.571. The summed E-state index contributed by atoms with van der Waals surface area (Å²) in [6.07, 6.45) is 0.817. The van der Waals surface area contributed by atoms with Gasteiger partial charge in [0.1, 0.15) is 0 Å². The van der Waals surface area contributed by atoms with Crippen LogP contribution in [0.4, 0.5) is 5.69 Å². The second-order valence-corrected chi connectivity index (χ2v) is 5.30. The Labute approximate surface area is 98.9 Å². The Morgan fingerprint density at radius 1 is 1.12 bits per heavy atom. The monoisotopic (exact) mass is 221 g/mol. The molecule has 0 aliphatic rings. The van der Waals surface area contributed by atoms with E-state index in [1.807, 2.05) is 0 Å². The molecule has 1 aromatic rings. The minimum absolute atomic E-state index is 0.211. The highest BCUT2D eigenvalue weighted by Crippen LogP contribution is 2.24. The Hall–Kier alpha value is -1.02. The van der Waals surface area contributed by atoms with Crippen molar-refractivity contribution in [1.82, 2.24) is 0 Å². The van der Waals surface area contributed by atoms with Crippen LogP contribution in [0, 0.1) is 0 Å². The lowest BCUT2D eigenvalue weighted by Gasteiger charge is -2.22. The molecule has 1 N–H and O–H groups in total. The molecule has 0 radical (unpaired) electrons. The zero-order chi connectivity index (χ0) is 12.2. The van der Waals surface area contributed by atoms with Gasteiger partial charge in [-0.05, 0) is 29.5 Å². The summed E-state index contributed by atoms with van der Waals surface area (Å²) in [5.74, 6) is 0.